The second kappa shape index (κ2) is 10.9. The van der Waals surface area contributed by atoms with Gasteiger partial charge in [-0.15, -0.1) is 0 Å². The van der Waals surface area contributed by atoms with Crippen LogP contribution in [0.5, 0.6) is 0 Å². The molecule has 0 radical (unpaired) electrons. The Labute approximate surface area is 201 Å². The van der Waals surface area contributed by atoms with E-state index in [1.165, 1.54) is 30.3 Å². The van der Waals surface area contributed by atoms with Gasteiger partial charge in [0.15, 0.2) is 0 Å². The van der Waals surface area contributed by atoms with Gasteiger partial charge < -0.3 is 5.32 Å². The van der Waals surface area contributed by atoms with Crippen molar-refractivity contribution in [1.29, 1.82) is 0 Å². The van der Waals surface area contributed by atoms with E-state index < -0.39 is 34.2 Å². The number of halogens is 4. The third kappa shape index (κ3) is 6.74. The van der Waals surface area contributed by atoms with Crippen LogP contribution >= 0.6 is 11.6 Å². The number of rotatable bonds is 9. The number of aryl methyl sites for hydroxylation is 1. The number of anilines is 1. The summed E-state index contributed by atoms with van der Waals surface area (Å²) in [6.45, 7) is -0.400. The van der Waals surface area contributed by atoms with E-state index in [0.29, 0.717) is 28.2 Å². The molecule has 0 unspecified atom stereocenters. The molecule has 5 nitrogen and oxygen atoms in total. The van der Waals surface area contributed by atoms with E-state index in [1.807, 2.05) is 12.1 Å². The first-order valence-corrected chi connectivity index (χ1v) is 12.2. The molecule has 0 spiro atoms. The molecule has 0 bridgehead atoms. The van der Waals surface area contributed by atoms with Crippen LogP contribution in [0.4, 0.5) is 18.9 Å². The van der Waals surface area contributed by atoms with Crippen molar-refractivity contribution in [3.05, 3.63) is 95.0 Å². The van der Waals surface area contributed by atoms with Gasteiger partial charge >= 0.3 is 6.18 Å². The zero-order valence-corrected chi connectivity index (χ0v) is 19.5. The van der Waals surface area contributed by atoms with Gasteiger partial charge in [0.25, 0.3) is 10.0 Å². The number of hydrogen-bond donors (Lipinski definition) is 1. The second-order valence-electron chi connectivity index (χ2n) is 7.45. The van der Waals surface area contributed by atoms with E-state index in [4.69, 9.17) is 11.6 Å². The first-order chi connectivity index (χ1) is 16.1. The monoisotopic (exact) mass is 510 g/mol. The minimum atomic E-state index is -4.66. The van der Waals surface area contributed by atoms with E-state index in [1.54, 1.807) is 18.2 Å². The summed E-state index contributed by atoms with van der Waals surface area (Å²) in [7, 11) is -4.30. The molecule has 180 valence electrons. The van der Waals surface area contributed by atoms with Gasteiger partial charge in [0.05, 0.1) is 16.1 Å². The highest BCUT2D eigenvalue weighted by atomic mass is 35.5. The van der Waals surface area contributed by atoms with Gasteiger partial charge in [0.2, 0.25) is 5.91 Å². The van der Waals surface area contributed by atoms with Crippen molar-refractivity contribution in [2.75, 3.05) is 17.4 Å². The number of amides is 1. The van der Waals surface area contributed by atoms with Gasteiger partial charge in [-0.25, -0.2) is 8.42 Å². The van der Waals surface area contributed by atoms with E-state index >= 15 is 0 Å². The average molecular weight is 511 g/mol. The molecule has 3 rings (SSSR count). The van der Waals surface area contributed by atoms with E-state index in [2.05, 4.69) is 5.32 Å². The van der Waals surface area contributed by atoms with Gasteiger partial charge in [0, 0.05) is 11.6 Å². The largest absolute Gasteiger partial charge is 0.416 e. The fourth-order valence-electron chi connectivity index (χ4n) is 3.23. The lowest BCUT2D eigenvalue weighted by molar-refractivity contribution is -0.137. The molecule has 1 amide bonds. The number of hydrogen-bond acceptors (Lipinski definition) is 3. The topological polar surface area (TPSA) is 66.5 Å². The standard InChI is InChI=1S/C24H22ClF3N2O3S/c25-20-13-11-18(12-14-20)6-5-15-29-23(31)17-30(34(32,33)22-9-2-1-3-10-22)21-8-4-7-19(16-21)24(26,27)28/h1-4,7-14,16H,5-6,15,17H2,(H,29,31). The molecule has 0 aliphatic rings. The maximum absolute atomic E-state index is 13.2. The Morgan fingerprint density at radius 3 is 2.26 bits per heavy atom. The summed E-state index contributed by atoms with van der Waals surface area (Å²) in [5.41, 5.74) is -0.243. The lowest BCUT2D eigenvalue weighted by Crippen LogP contribution is -2.41. The summed E-state index contributed by atoms with van der Waals surface area (Å²) in [5.74, 6) is -0.631. The number of sulfonamides is 1. The molecule has 10 heteroatoms. The molecule has 0 aliphatic heterocycles. The number of carbonyl (C=O) groups excluding carboxylic acids is 1. The molecule has 3 aromatic rings. The van der Waals surface area contributed by atoms with Gasteiger partial charge in [-0.2, -0.15) is 13.2 Å². The van der Waals surface area contributed by atoms with Crippen LogP contribution in [0, 0.1) is 0 Å². The Balaban J connectivity index is 1.76. The normalized spacial score (nSPS) is 11.8. The summed E-state index contributed by atoms with van der Waals surface area (Å²) in [6.07, 6.45) is -3.42. The fraction of sp³-hybridized carbons (Fsp3) is 0.208. The summed E-state index contributed by atoms with van der Waals surface area (Å²) in [5, 5.41) is 3.26. The fourth-order valence-corrected chi connectivity index (χ4v) is 4.79. The number of alkyl halides is 3. The minimum Gasteiger partial charge on any atom is -0.355 e. The van der Waals surface area contributed by atoms with Crippen molar-refractivity contribution in [3.8, 4) is 0 Å². The first-order valence-electron chi connectivity index (χ1n) is 10.3. The number of carbonyl (C=O) groups is 1. The van der Waals surface area contributed by atoms with Crippen molar-refractivity contribution < 1.29 is 26.4 Å². The molecule has 0 aliphatic carbocycles. The third-order valence-electron chi connectivity index (χ3n) is 4.96. The van der Waals surface area contributed by atoms with Crippen LogP contribution in [0.15, 0.2) is 83.8 Å². The summed E-state index contributed by atoms with van der Waals surface area (Å²) in [6, 6.07) is 18.4. The molecular formula is C24H22ClF3N2O3S. The van der Waals surface area contributed by atoms with Crippen molar-refractivity contribution in [1.82, 2.24) is 5.32 Å². The van der Waals surface area contributed by atoms with Crippen LogP contribution in [-0.4, -0.2) is 27.4 Å². The van der Waals surface area contributed by atoms with E-state index in [9.17, 15) is 26.4 Å². The Morgan fingerprint density at radius 1 is 0.941 bits per heavy atom. The zero-order valence-electron chi connectivity index (χ0n) is 17.9. The van der Waals surface area contributed by atoms with Crippen LogP contribution in [0.1, 0.15) is 17.5 Å². The van der Waals surface area contributed by atoms with Crippen LogP contribution in [0.2, 0.25) is 5.02 Å². The lowest BCUT2D eigenvalue weighted by Gasteiger charge is -2.25. The number of nitrogens with one attached hydrogen (secondary N) is 1. The zero-order chi connectivity index (χ0) is 24.8. The maximum Gasteiger partial charge on any atom is 0.416 e. The maximum atomic E-state index is 13.2. The molecule has 0 heterocycles. The molecule has 34 heavy (non-hydrogen) atoms. The Bertz CT molecular complexity index is 1220. The first kappa shape index (κ1) is 25.6. The van der Waals surface area contributed by atoms with Crippen LogP contribution < -0.4 is 9.62 Å². The van der Waals surface area contributed by atoms with E-state index in [0.717, 1.165) is 17.7 Å². The number of nitrogens with zero attached hydrogens (tertiary/aromatic N) is 1. The van der Waals surface area contributed by atoms with E-state index in [-0.39, 0.29) is 17.1 Å². The quantitative estimate of drug-likeness (QED) is 0.397. The minimum absolute atomic E-state index is 0.136. The second-order valence-corrected chi connectivity index (χ2v) is 9.75. The molecular weight excluding hydrogens is 489 g/mol. The highest BCUT2D eigenvalue weighted by Crippen LogP contribution is 2.33. The highest BCUT2D eigenvalue weighted by molar-refractivity contribution is 7.92. The van der Waals surface area contributed by atoms with Crippen molar-refractivity contribution in [2.24, 2.45) is 0 Å². The Kier molecular flexibility index (Phi) is 8.22. The SMILES string of the molecule is O=C(CN(c1cccc(C(F)(F)F)c1)S(=O)(=O)c1ccccc1)NCCCc1ccc(Cl)cc1. The molecule has 1 N–H and O–H groups in total. The smallest absolute Gasteiger partial charge is 0.355 e. The predicted molar refractivity (Wildman–Crippen MR) is 125 cm³/mol. The van der Waals surface area contributed by atoms with Crippen LogP contribution in [0.3, 0.4) is 0 Å². The Hall–Kier alpha value is -3.04. The lowest BCUT2D eigenvalue weighted by atomic mass is 10.1. The van der Waals surface area contributed by atoms with Gasteiger partial charge in [-0.05, 0) is 60.9 Å². The van der Waals surface area contributed by atoms with Crippen molar-refractivity contribution >= 4 is 33.2 Å². The third-order valence-corrected chi connectivity index (χ3v) is 7.00. The van der Waals surface area contributed by atoms with Gasteiger partial charge in [0.1, 0.15) is 6.54 Å². The van der Waals surface area contributed by atoms with Gasteiger partial charge in [-0.1, -0.05) is 48.0 Å². The van der Waals surface area contributed by atoms with Crippen LogP contribution in [0.25, 0.3) is 0 Å². The molecule has 0 atom stereocenters. The summed E-state index contributed by atoms with van der Waals surface area (Å²) in [4.78, 5) is 12.4. The highest BCUT2D eigenvalue weighted by Gasteiger charge is 2.33. The summed E-state index contributed by atoms with van der Waals surface area (Å²) >= 11 is 5.86. The molecule has 0 aromatic heterocycles. The van der Waals surface area contributed by atoms with Crippen molar-refractivity contribution in [3.63, 3.8) is 0 Å². The average Bonchev–Trinajstić information content (AvgIpc) is 2.81. The molecule has 0 fully saturated rings. The molecule has 0 saturated heterocycles. The predicted octanol–water partition coefficient (Wildman–Crippen LogP) is 5.30. The Morgan fingerprint density at radius 2 is 1.62 bits per heavy atom. The number of benzene rings is 3. The van der Waals surface area contributed by atoms with Gasteiger partial charge in [-0.3, -0.25) is 9.10 Å². The summed E-state index contributed by atoms with van der Waals surface area (Å²) < 4.78 is 66.8. The molecule has 3 aromatic carbocycles. The van der Waals surface area contributed by atoms with Crippen LogP contribution in [-0.2, 0) is 27.4 Å². The van der Waals surface area contributed by atoms with Crippen molar-refractivity contribution in [2.45, 2.75) is 23.9 Å². The molecule has 0 saturated carbocycles.